The third-order valence-corrected chi connectivity index (χ3v) is 8.40. The molecule has 2 aliphatic heterocycles. The maximum Gasteiger partial charge on any atom is 0.282 e. The molecule has 2 saturated heterocycles. The van der Waals surface area contributed by atoms with E-state index in [9.17, 15) is 18.0 Å². The van der Waals surface area contributed by atoms with E-state index in [4.69, 9.17) is 0 Å². The molecule has 0 N–H and O–H groups in total. The first-order chi connectivity index (χ1) is 11.6. The van der Waals surface area contributed by atoms with Gasteiger partial charge in [-0.15, -0.1) is 0 Å². The second kappa shape index (κ2) is 6.32. The van der Waals surface area contributed by atoms with Crippen LogP contribution in [0.4, 0.5) is 0 Å². The molecule has 7 nitrogen and oxygen atoms in total. The quantitative estimate of drug-likeness (QED) is 0.674. The zero-order valence-corrected chi connectivity index (χ0v) is 16.5. The summed E-state index contributed by atoms with van der Waals surface area (Å²) in [4.78, 5) is 27.0. The van der Waals surface area contributed by atoms with E-state index in [1.165, 1.54) is 13.5 Å². The first kappa shape index (κ1) is 18.8. The van der Waals surface area contributed by atoms with Crippen LogP contribution >= 0.6 is 0 Å². The molecular formula is C17H29N3O4S. The van der Waals surface area contributed by atoms with E-state index in [1.807, 2.05) is 20.8 Å². The minimum Gasteiger partial charge on any atom is -0.277 e. The average molecular weight is 372 g/mol. The second-order valence-corrected chi connectivity index (χ2v) is 9.85. The molecule has 2 amide bonds. The van der Waals surface area contributed by atoms with Crippen LogP contribution in [0.15, 0.2) is 0 Å². The number of fused-ring (bicyclic) bond motifs is 1. The Morgan fingerprint density at radius 3 is 2.36 bits per heavy atom. The Morgan fingerprint density at radius 2 is 1.84 bits per heavy atom. The number of likely N-dealkylation sites (tertiary alicyclic amines) is 1. The normalized spacial score (nSPS) is 38.5. The molecule has 3 rings (SSSR count). The fourth-order valence-corrected chi connectivity index (χ4v) is 6.33. The lowest BCUT2D eigenvalue weighted by molar-refractivity contribution is -0.146. The Kier molecular flexibility index (Phi) is 4.75. The van der Waals surface area contributed by atoms with E-state index in [2.05, 4.69) is 0 Å². The van der Waals surface area contributed by atoms with Gasteiger partial charge in [-0.1, -0.05) is 27.7 Å². The molecule has 142 valence electrons. The summed E-state index contributed by atoms with van der Waals surface area (Å²) in [5.41, 5.74) is 0. The van der Waals surface area contributed by atoms with Gasteiger partial charge in [-0.05, 0) is 24.7 Å². The van der Waals surface area contributed by atoms with Crippen molar-refractivity contribution in [1.29, 1.82) is 0 Å². The third-order valence-electron chi connectivity index (χ3n) is 6.42. The van der Waals surface area contributed by atoms with Crippen LogP contribution in [0, 0.1) is 23.7 Å². The Labute approximate surface area is 150 Å². The molecule has 0 aromatic heterocycles. The molecular weight excluding hydrogens is 342 g/mol. The van der Waals surface area contributed by atoms with Gasteiger partial charge in [-0.3, -0.25) is 14.5 Å². The molecule has 0 spiro atoms. The van der Waals surface area contributed by atoms with Crippen LogP contribution in [0.1, 0.15) is 40.5 Å². The summed E-state index contributed by atoms with van der Waals surface area (Å²) >= 11 is 0. The minimum atomic E-state index is -3.61. The van der Waals surface area contributed by atoms with Gasteiger partial charge in [-0.25, -0.2) is 0 Å². The van der Waals surface area contributed by atoms with E-state index in [-0.39, 0.29) is 23.8 Å². The number of carbonyl (C=O) groups excluding carboxylic acids is 2. The predicted octanol–water partition coefficient (Wildman–Crippen LogP) is 0.923. The van der Waals surface area contributed by atoms with Crippen molar-refractivity contribution in [3.8, 4) is 0 Å². The van der Waals surface area contributed by atoms with Gasteiger partial charge in [-0.2, -0.15) is 17.0 Å². The molecule has 25 heavy (non-hydrogen) atoms. The van der Waals surface area contributed by atoms with Gasteiger partial charge in [0.15, 0.2) is 0 Å². The summed E-state index contributed by atoms with van der Waals surface area (Å²) in [5.74, 6) is -0.304. The molecule has 0 radical (unpaired) electrons. The SMILES string of the molecule is CCCN(C)S(=O)(=O)N1CC[C@H]2[C@H]1[C@H](C)C(=O)N2C(=O)C1[C@@H](C)[C@H]1C. The van der Waals surface area contributed by atoms with Crippen molar-refractivity contribution in [3.63, 3.8) is 0 Å². The average Bonchev–Trinajstić information content (AvgIpc) is 2.87. The monoisotopic (exact) mass is 371 g/mol. The maximum atomic E-state index is 12.9. The van der Waals surface area contributed by atoms with E-state index in [0.717, 1.165) is 6.42 Å². The fourth-order valence-electron chi connectivity index (χ4n) is 4.59. The highest BCUT2D eigenvalue weighted by atomic mass is 32.2. The van der Waals surface area contributed by atoms with Gasteiger partial charge in [0.1, 0.15) is 0 Å². The van der Waals surface area contributed by atoms with Gasteiger partial charge in [0.2, 0.25) is 11.8 Å². The highest BCUT2D eigenvalue weighted by molar-refractivity contribution is 7.86. The molecule has 1 saturated carbocycles. The molecule has 1 aliphatic carbocycles. The molecule has 3 fully saturated rings. The Hall–Kier alpha value is -0.990. The zero-order chi connectivity index (χ0) is 18.7. The minimum absolute atomic E-state index is 0.0941. The Bertz CT molecular complexity index is 671. The van der Waals surface area contributed by atoms with Crippen molar-refractivity contribution < 1.29 is 18.0 Å². The molecule has 0 aromatic rings. The number of hydrogen-bond acceptors (Lipinski definition) is 4. The Morgan fingerprint density at radius 1 is 1.24 bits per heavy atom. The molecule has 0 aromatic carbocycles. The lowest BCUT2D eigenvalue weighted by Crippen LogP contribution is -2.48. The van der Waals surface area contributed by atoms with Gasteiger partial charge in [0, 0.05) is 26.1 Å². The van der Waals surface area contributed by atoms with Crippen LogP contribution in [0.2, 0.25) is 0 Å². The van der Waals surface area contributed by atoms with Crippen LogP contribution < -0.4 is 0 Å². The zero-order valence-electron chi connectivity index (χ0n) is 15.7. The van der Waals surface area contributed by atoms with Crippen LogP contribution in [0.3, 0.4) is 0 Å². The number of nitrogens with zero attached hydrogens (tertiary/aromatic N) is 3. The van der Waals surface area contributed by atoms with E-state index in [1.54, 1.807) is 14.0 Å². The first-order valence-electron chi connectivity index (χ1n) is 9.24. The predicted molar refractivity (Wildman–Crippen MR) is 93.6 cm³/mol. The summed E-state index contributed by atoms with van der Waals surface area (Å²) in [5, 5.41) is 0. The van der Waals surface area contributed by atoms with Crippen molar-refractivity contribution >= 4 is 22.0 Å². The summed E-state index contributed by atoms with van der Waals surface area (Å²) < 4.78 is 28.6. The van der Waals surface area contributed by atoms with E-state index in [0.29, 0.717) is 31.3 Å². The van der Waals surface area contributed by atoms with Gasteiger partial charge in [0.05, 0.1) is 18.0 Å². The summed E-state index contributed by atoms with van der Waals surface area (Å²) in [6.45, 7) is 8.54. The summed E-state index contributed by atoms with van der Waals surface area (Å²) in [6.07, 6.45) is 1.26. The molecule has 1 unspecified atom stereocenters. The van der Waals surface area contributed by atoms with Crippen molar-refractivity contribution in [3.05, 3.63) is 0 Å². The van der Waals surface area contributed by atoms with Gasteiger partial charge >= 0.3 is 0 Å². The van der Waals surface area contributed by atoms with Crippen molar-refractivity contribution in [2.45, 2.75) is 52.6 Å². The van der Waals surface area contributed by atoms with Crippen LogP contribution in [0.25, 0.3) is 0 Å². The first-order valence-corrected chi connectivity index (χ1v) is 10.6. The fraction of sp³-hybridized carbons (Fsp3) is 0.882. The highest BCUT2D eigenvalue weighted by Crippen LogP contribution is 2.49. The highest BCUT2D eigenvalue weighted by Gasteiger charge is 2.60. The van der Waals surface area contributed by atoms with Crippen molar-refractivity contribution in [2.24, 2.45) is 23.7 Å². The summed E-state index contributed by atoms with van der Waals surface area (Å²) in [7, 11) is -2.04. The largest absolute Gasteiger partial charge is 0.282 e. The van der Waals surface area contributed by atoms with Crippen molar-refractivity contribution in [2.75, 3.05) is 20.1 Å². The van der Waals surface area contributed by atoms with Crippen LogP contribution in [0.5, 0.6) is 0 Å². The Balaban J connectivity index is 1.85. The number of imide groups is 1. The van der Waals surface area contributed by atoms with E-state index >= 15 is 0 Å². The molecule has 3 aliphatic rings. The van der Waals surface area contributed by atoms with Crippen LogP contribution in [-0.4, -0.2) is 66.0 Å². The number of amides is 2. The van der Waals surface area contributed by atoms with Gasteiger partial charge in [0.25, 0.3) is 10.2 Å². The molecule has 8 heteroatoms. The van der Waals surface area contributed by atoms with Gasteiger partial charge < -0.3 is 0 Å². The summed E-state index contributed by atoms with van der Waals surface area (Å²) in [6, 6.07) is -0.759. The second-order valence-electron chi connectivity index (χ2n) is 7.87. The smallest absolute Gasteiger partial charge is 0.277 e. The maximum absolute atomic E-state index is 12.9. The molecule has 0 bridgehead atoms. The van der Waals surface area contributed by atoms with E-state index < -0.39 is 22.2 Å². The standard InChI is InChI=1S/C17H29N3O4S/c1-6-8-18(5)25(23,24)19-9-7-13-15(19)12(4)16(21)20(13)17(22)14-10(2)11(14)3/h10-15H,6-9H2,1-5H3/t10-,11+,12-,13-,14?,15+/m0/s1. The lowest BCUT2D eigenvalue weighted by atomic mass is 10.0. The lowest BCUT2D eigenvalue weighted by Gasteiger charge is -2.29. The number of rotatable bonds is 5. The number of hydrogen-bond donors (Lipinski definition) is 0. The van der Waals surface area contributed by atoms with Crippen LogP contribution in [-0.2, 0) is 19.8 Å². The molecule has 2 heterocycles. The molecule has 6 atom stereocenters. The number of carbonyl (C=O) groups is 2. The third kappa shape index (κ3) is 2.73. The topological polar surface area (TPSA) is 78.0 Å². The van der Waals surface area contributed by atoms with Crippen molar-refractivity contribution in [1.82, 2.24) is 13.5 Å².